The Kier molecular flexibility index (Phi) is 6.81. The molecule has 0 saturated carbocycles. The first-order valence-corrected chi connectivity index (χ1v) is 17.4. The van der Waals surface area contributed by atoms with E-state index < -0.39 is 0 Å². The molecule has 10 rings (SSSR count). The molecule has 9 aromatic rings. The maximum absolute atomic E-state index is 6.52. The first kappa shape index (κ1) is 29.1. The average molecular weight is 653 g/mol. The Bertz CT molecular complexity index is 2710. The van der Waals surface area contributed by atoms with Gasteiger partial charge in [0.1, 0.15) is 11.5 Å². The van der Waals surface area contributed by atoms with Crippen LogP contribution in [0.25, 0.3) is 60.9 Å². The Morgan fingerprint density at radius 3 is 1.67 bits per heavy atom. The molecule has 0 N–H and O–H groups in total. The molecule has 1 aromatic heterocycles. The van der Waals surface area contributed by atoms with Gasteiger partial charge < -0.3 is 14.2 Å². The summed E-state index contributed by atoms with van der Waals surface area (Å²) >= 11 is 0. The van der Waals surface area contributed by atoms with E-state index in [-0.39, 0.29) is 0 Å². The summed E-state index contributed by atoms with van der Waals surface area (Å²) in [7, 11) is 0. The molecule has 3 heteroatoms. The molecule has 1 aliphatic heterocycles. The molecule has 0 bridgehead atoms. The fourth-order valence-corrected chi connectivity index (χ4v) is 7.64. The van der Waals surface area contributed by atoms with Crippen LogP contribution < -0.4 is 9.64 Å². The highest BCUT2D eigenvalue weighted by Crippen LogP contribution is 2.49. The van der Waals surface area contributed by atoms with Crippen LogP contribution >= 0.6 is 0 Å². The van der Waals surface area contributed by atoms with Gasteiger partial charge in [-0.05, 0) is 95.1 Å². The lowest BCUT2D eigenvalue weighted by molar-refractivity contribution is 0.488. The summed E-state index contributed by atoms with van der Waals surface area (Å²) in [4.78, 5) is 2.38. The zero-order valence-electron chi connectivity index (χ0n) is 27.8. The van der Waals surface area contributed by atoms with Gasteiger partial charge in [-0.25, -0.2) is 0 Å². The van der Waals surface area contributed by atoms with Gasteiger partial charge in [0.15, 0.2) is 0 Å². The van der Waals surface area contributed by atoms with Crippen molar-refractivity contribution >= 4 is 38.9 Å². The van der Waals surface area contributed by atoms with E-state index >= 15 is 0 Å². The number of nitrogens with zero attached hydrogens (tertiary/aromatic N) is 2. The van der Waals surface area contributed by atoms with Crippen molar-refractivity contribution in [2.45, 2.75) is 0 Å². The summed E-state index contributed by atoms with van der Waals surface area (Å²) in [5.41, 5.74) is 13.6. The van der Waals surface area contributed by atoms with Crippen LogP contribution in [0.1, 0.15) is 0 Å². The minimum absolute atomic E-state index is 0.856. The van der Waals surface area contributed by atoms with E-state index in [0.29, 0.717) is 0 Å². The van der Waals surface area contributed by atoms with Crippen molar-refractivity contribution in [3.63, 3.8) is 0 Å². The summed E-state index contributed by atoms with van der Waals surface area (Å²) in [6, 6.07) is 69.1. The SMILES string of the molecule is c1ccc(-c2ccc(N(c3ccc4c(c3)-c3ccccc3Oc3ccccc3-4)c3ccc4c(c3)c3ccccc3n4-c3ccccc3)cc2)cc1. The number of hydrogen-bond donors (Lipinski definition) is 0. The predicted molar refractivity (Wildman–Crippen MR) is 212 cm³/mol. The molecule has 2 heterocycles. The van der Waals surface area contributed by atoms with E-state index in [1.165, 1.54) is 32.9 Å². The summed E-state index contributed by atoms with van der Waals surface area (Å²) in [6.45, 7) is 0. The van der Waals surface area contributed by atoms with Crippen molar-refractivity contribution in [3.8, 4) is 50.6 Å². The van der Waals surface area contributed by atoms with Gasteiger partial charge in [-0.1, -0.05) is 121 Å². The zero-order valence-corrected chi connectivity index (χ0v) is 27.8. The van der Waals surface area contributed by atoms with Crippen LogP contribution in [-0.2, 0) is 0 Å². The number of para-hydroxylation sites is 4. The largest absolute Gasteiger partial charge is 0.456 e. The molecule has 51 heavy (non-hydrogen) atoms. The van der Waals surface area contributed by atoms with Crippen LogP contribution in [0, 0.1) is 0 Å². The number of ether oxygens (including phenoxy) is 1. The molecule has 0 saturated heterocycles. The number of benzene rings is 8. The third-order valence-corrected chi connectivity index (χ3v) is 10.00. The smallest absolute Gasteiger partial charge is 0.135 e. The monoisotopic (exact) mass is 652 g/mol. The average Bonchev–Trinajstić information content (AvgIpc) is 3.45. The standard InChI is InChI=1S/C48H32N2O/c1-3-13-33(14-4-1)34-23-25-36(26-24-34)49(37-27-29-39-41-18-8-11-21-47(41)51-48-22-12-9-19-42(48)43(39)31-37)38-28-30-46-44(32-38)40-17-7-10-20-45(40)50(46)35-15-5-2-6-16-35/h1-32H. The van der Waals surface area contributed by atoms with Gasteiger partial charge in [-0.2, -0.15) is 0 Å². The summed E-state index contributed by atoms with van der Waals surface area (Å²) < 4.78 is 8.89. The van der Waals surface area contributed by atoms with Crippen LogP contribution in [0.3, 0.4) is 0 Å². The number of hydrogen-bond acceptors (Lipinski definition) is 2. The quantitative estimate of drug-likeness (QED) is 0.184. The van der Waals surface area contributed by atoms with Gasteiger partial charge in [-0.3, -0.25) is 0 Å². The Morgan fingerprint density at radius 1 is 0.353 bits per heavy atom. The van der Waals surface area contributed by atoms with E-state index in [0.717, 1.165) is 56.5 Å². The molecular formula is C48H32N2O. The second-order valence-electron chi connectivity index (χ2n) is 13.0. The maximum atomic E-state index is 6.52. The van der Waals surface area contributed by atoms with E-state index in [2.05, 4.69) is 191 Å². The molecule has 0 spiro atoms. The Morgan fingerprint density at radius 2 is 0.902 bits per heavy atom. The first-order chi connectivity index (χ1) is 25.3. The van der Waals surface area contributed by atoms with Crippen LogP contribution in [0.2, 0.25) is 0 Å². The Hall–Kier alpha value is -6.84. The maximum Gasteiger partial charge on any atom is 0.135 e. The topological polar surface area (TPSA) is 17.4 Å². The van der Waals surface area contributed by atoms with Crippen LogP contribution in [0.15, 0.2) is 194 Å². The number of rotatable bonds is 5. The van der Waals surface area contributed by atoms with Gasteiger partial charge in [0.05, 0.1) is 11.0 Å². The molecule has 0 unspecified atom stereocenters. The van der Waals surface area contributed by atoms with Crippen LogP contribution in [-0.4, -0.2) is 4.57 Å². The minimum atomic E-state index is 0.856. The lowest BCUT2D eigenvalue weighted by Crippen LogP contribution is -2.10. The number of aromatic nitrogens is 1. The second-order valence-corrected chi connectivity index (χ2v) is 13.0. The Labute approximate surface area is 296 Å². The molecular weight excluding hydrogens is 621 g/mol. The minimum Gasteiger partial charge on any atom is -0.456 e. The van der Waals surface area contributed by atoms with Gasteiger partial charge in [0.2, 0.25) is 0 Å². The van der Waals surface area contributed by atoms with E-state index in [9.17, 15) is 0 Å². The first-order valence-electron chi connectivity index (χ1n) is 17.4. The van der Waals surface area contributed by atoms with Crippen molar-refractivity contribution in [2.75, 3.05) is 4.90 Å². The Balaban J connectivity index is 1.20. The molecule has 0 aliphatic carbocycles. The number of fused-ring (bicyclic) bond motifs is 8. The van der Waals surface area contributed by atoms with E-state index in [1.807, 2.05) is 12.1 Å². The van der Waals surface area contributed by atoms with Gasteiger partial charge in [-0.15, -0.1) is 0 Å². The van der Waals surface area contributed by atoms with Crippen LogP contribution in [0.4, 0.5) is 17.1 Å². The molecule has 1 aliphatic rings. The van der Waals surface area contributed by atoms with Crippen molar-refractivity contribution < 1.29 is 4.74 Å². The normalized spacial score (nSPS) is 11.7. The van der Waals surface area contributed by atoms with Crippen molar-refractivity contribution in [2.24, 2.45) is 0 Å². The molecule has 0 atom stereocenters. The van der Waals surface area contributed by atoms with Crippen molar-refractivity contribution in [1.82, 2.24) is 4.57 Å². The highest BCUT2D eigenvalue weighted by Gasteiger charge is 2.23. The summed E-state index contributed by atoms with van der Waals surface area (Å²) in [5, 5.41) is 2.43. The third kappa shape index (κ3) is 4.90. The molecule has 8 aromatic carbocycles. The molecule has 240 valence electrons. The predicted octanol–water partition coefficient (Wildman–Crippen LogP) is 13.4. The molecule has 3 nitrogen and oxygen atoms in total. The fourth-order valence-electron chi connectivity index (χ4n) is 7.64. The van der Waals surface area contributed by atoms with Gasteiger partial charge in [0.25, 0.3) is 0 Å². The highest BCUT2D eigenvalue weighted by atomic mass is 16.5. The van der Waals surface area contributed by atoms with Crippen LogP contribution in [0.5, 0.6) is 11.5 Å². The van der Waals surface area contributed by atoms with E-state index in [1.54, 1.807) is 0 Å². The van der Waals surface area contributed by atoms with Crippen molar-refractivity contribution in [3.05, 3.63) is 194 Å². The van der Waals surface area contributed by atoms with Gasteiger partial charge in [0, 0.05) is 44.6 Å². The number of anilines is 3. The second kappa shape index (κ2) is 11.9. The molecule has 0 fully saturated rings. The van der Waals surface area contributed by atoms with E-state index in [4.69, 9.17) is 4.74 Å². The fraction of sp³-hybridized carbons (Fsp3) is 0. The third-order valence-electron chi connectivity index (χ3n) is 10.00. The summed E-state index contributed by atoms with van der Waals surface area (Å²) in [5.74, 6) is 1.72. The lowest BCUT2D eigenvalue weighted by Gasteiger charge is -2.27. The molecule has 0 radical (unpaired) electrons. The summed E-state index contributed by atoms with van der Waals surface area (Å²) in [6.07, 6.45) is 0. The lowest BCUT2D eigenvalue weighted by atomic mass is 9.93. The highest BCUT2D eigenvalue weighted by molar-refractivity contribution is 6.10. The van der Waals surface area contributed by atoms with Crippen molar-refractivity contribution in [1.29, 1.82) is 0 Å². The molecule has 0 amide bonds. The zero-order chi connectivity index (χ0) is 33.7. The van der Waals surface area contributed by atoms with Gasteiger partial charge >= 0.3 is 0 Å².